The second-order valence-corrected chi connectivity index (χ2v) is 8.03. The second kappa shape index (κ2) is 9.01. The van der Waals surface area contributed by atoms with Gasteiger partial charge >= 0.3 is 0 Å². The number of para-hydroxylation sites is 1. The number of halogens is 1. The molecule has 1 N–H and O–H groups in total. The van der Waals surface area contributed by atoms with Crippen LogP contribution >= 0.6 is 11.8 Å². The third-order valence-corrected chi connectivity index (χ3v) is 5.78. The predicted octanol–water partition coefficient (Wildman–Crippen LogP) is 4.87. The summed E-state index contributed by atoms with van der Waals surface area (Å²) in [6, 6.07) is 10.2. The Kier molecular flexibility index (Phi) is 6.46. The molecule has 1 aromatic heterocycles. The van der Waals surface area contributed by atoms with Crippen LogP contribution in [0.25, 0.3) is 0 Å². The molecule has 0 aliphatic heterocycles. The molecule has 1 aromatic carbocycles. The zero-order valence-corrected chi connectivity index (χ0v) is 16.1. The SMILES string of the molecule is CC(Sc1nc2c(cc1C#N)CCCCCC2)C(=O)Nc1ccccc1F. The Morgan fingerprint density at radius 1 is 1.26 bits per heavy atom. The summed E-state index contributed by atoms with van der Waals surface area (Å²) in [7, 11) is 0. The van der Waals surface area contributed by atoms with Gasteiger partial charge in [-0.1, -0.05) is 36.7 Å². The standard InChI is InChI=1S/C21H22FN3OS/c1-14(20(26)24-19-11-7-6-9-17(19)22)27-21-16(13-23)12-15-8-4-2-3-5-10-18(15)25-21/h6-7,9,11-12,14H,2-5,8,10H2,1H3,(H,24,26). The highest BCUT2D eigenvalue weighted by Gasteiger charge is 2.20. The minimum absolute atomic E-state index is 0.154. The molecule has 4 nitrogen and oxygen atoms in total. The number of anilines is 1. The monoisotopic (exact) mass is 383 g/mol. The lowest BCUT2D eigenvalue weighted by Gasteiger charge is -2.17. The van der Waals surface area contributed by atoms with Gasteiger partial charge in [-0.2, -0.15) is 5.26 Å². The van der Waals surface area contributed by atoms with Gasteiger partial charge in [0, 0.05) is 5.69 Å². The lowest BCUT2D eigenvalue weighted by atomic mass is 9.96. The molecule has 0 bridgehead atoms. The van der Waals surface area contributed by atoms with Gasteiger partial charge in [-0.05, 0) is 56.4 Å². The number of nitrogens with zero attached hydrogens (tertiary/aromatic N) is 2. The van der Waals surface area contributed by atoms with E-state index in [1.54, 1.807) is 19.1 Å². The average molecular weight is 383 g/mol. The van der Waals surface area contributed by atoms with E-state index in [4.69, 9.17) is 4.98 Å². The van der Waals surface area contributed by atoms with Crippen molar-refractivity contribution in [2.24, 2.45) is 0 Å². The van der Waals surface area contributed by atoms with Gasteiger partial charge in [-0.15, -0.1) is 0 Å². The van der Waals surface area contributed by atoms with Gasteiger partial charge in [0.2, 0.25) is 5.91 Å². The first-order valence-electron chi connectivity index (χ1n) is 9.23. The van der Waals surface area contributed by atoms with E-state index in [9.17, 15) is 14.4 Å². The van der Waals surface area contributed by atoms with Crippen molar-refractivity contribution in [1.82, 2.24) is 4.98 Å². The summed E-state index contributed by atoms with van der Waals surface area (Å²) in [5.74, 6) is -0.789. The number of carbonyl (C=O) groups excluding carboxylic acids is 1. The number of aryl methyl sites for hydroxylation is 2. The third kappa shape index (κ3) is 4.86. The molecule has 1 aliphatic carbocycles. The molecule has 6 heteroatoms. The molecule has 0 fully saturated rings. The molecule has 3 rings (SSSR count). The summed E-state index contributed by atoms with van der Waals surface area (Å²) in [6.07, 6.45) is 6.48. The Labute approximate surface area is 163 Å². The zero-order valence-electron chi connectivity index (χ0n) is 15.3. The smallest absolute Gasteiger partial charge is 0.237 e. The van der Waals surface area contributed by atoms with E-state index in [0.717, 1.165) is 36.9 Å². The number of hydrogen-bond donors (Lipinski definition) is 1. The maximum absolute atomic E-state index is 13.7. The number of pyridine rings is 1. The van der Waals surface area contributed by atoms with Gasteiger partial charge in [-0.3, -0.25) is 4.79 Å². The number of nitrogens with one attached hydrogen (secondary N) is 1. The number of nitriles is 1. The average Bonchev–Trinajstić information content (AvgIpc) is 2.64. The van der Waals surface area contributed by atoms with Gasteiger partial charge in [0.05, 0.1) is 16.5 Å². The number of thioether (sulfide) groups is 1. The van der Waals surface area contributed by atoms with Crippen molar-refractivity contribution >= 4 is 23.4 Å². The molecule has 0 spiro atoms. The van der Waals surface area contributed by atoms with Crippen molar-refractivity contribution in [3.05, 3.63) is 53.0 Å². The lowest BCUT2D eigenvalue weighted by Crippen LogP contribution is -2.23. The van der Waals surface area contributed by atoms with Gasteiger partial charge in [-0.25, -0.2) is 9.37 Å². The lowest BCUT2D eigenvalue weighted by molar-refractivity contribution is -0.115. The molecule has 2 aromatic rings. The Balaban J connectivity index is 1.77. The van der Waals surface area contributed by atoms with E-state index in [0.29, 0.717) is 10.6 Å². The van der Waals surface area contributed by atoms with Crippen molar-refractivity contribution in [2.75, 3.05) is 5.32 Å². The first-order chi connectivity index (χ1) is 13.1. The Morgan fingerprint density at radius 3 is 2.74 bits per heavy atom. The number of fused-ring (bicyclic) bond motifs is 1. The molecule has 1 unspecified atom stereocenters. The highest BCUT2D eigenvalue weighted by atomic mass is 32.2. The molecule has 1 aliphatic rings. The van der Waals surface area contributed by atoms with Crippen LogP contribution in [0.4, 0.5) is 10.1 Å². The van der Waals surface area contributed by atoms with Crippen LogP contribution in [-0.2, 0) is 17.6 Å². The number of rotatable bonds is 4. The fourth-order valence-electron chi connectivity index (χ4n) is 3.16. The number of benzene rings is 1. The third-order valence-electron chi connectivity index (χ3n) is 4.68. The van der Waals surface area contributed by atoms with E-state index in [1.807, 2.05) is 6.07 Å². The zero-order chi connectivity index (χ0) is 19.2. The number of aromatic nitrogens is 1. The highest BCUT2D eigenvalue weighted by Crippen LogP contribution is 2.29. The quantitative estimate of drug-likeness (QED) is 0.765. The number of carbonyl (C=O) groups is 1. The molecule has 0 radical (unpaired) electrons. The summed E-state index contributed by atoms with van der Waals surface area (Å²) >= 11 is 1.24. The first kappa shape index (κ1) is 19.4. The summed E-state index contributed by atoms with van der Waals surface area (Å²) in [5.41, 5.74) is 2.85. The summed E-state index contributed by atoms with van der Waals surface area (Å²) < 4.78 is 13.7. The number of amides is 1. The maximum Gasteiger partial charge on any atom is 0.237 e. The van der Waals surface area contributed by atoms with E-state index in [1.165, 1.54) is 36.7 Å². The van der Waals surface area contributed by atoms with Gasteiger partial charge in [0.15, 0.2) is 0 Å². The van der Waals surface area contributed by atoms with Crippen LogP contribution in [0.2, 0.25) is 0 Å². The Hall–Kier alpha value is -2.39. The fourth-order valence-corrected chi connectivity index (χ4v) is 4.05. The Morgan fingerprint density at radius 2 is 2.00 bits per heavy atom. The van der Waals surface area contributed by atoms with E-state index >= 15 is 0 Å². The first-order valence-corrected chi connectivity index (χ1v) is 10.1. The number of hydrogen-bond acceptors (Lipinski definition) is 4. The van der Waals surface area contributed by atoms with E-state index in [2.05, 4.69) is 11.4 Å². The van der Waals surface area contributed by atoms with E-state index in [-0.39, 0.29) is 11.6 Å². The molecule has 1 amide bonds. The van der Waals surface area contributed by atoms with Gasteiger partial charge in [0.1, 0.15) is 16.9 Å². The van der Waals surface area contributed by atoms with Crippen LogP contribution in [0, 0.1) is 17.1 Å². The molecule has 27 heavy (non-hydrogen) atoms. The Bertz CT molecular complexity index is 878. The molecule has 0 saturated heterocycles. The minimum Gasteiger partial charge on any atom is -0.323 e. The van der Waals surface area contributed by atoms with Gasteiger partial charge in [0.25, 0.3) is 0 Å². The normalized spacial score (nSPS) is 15.0. The molecule has 140 valence electrons. The second-order valence-electron chi connectivity index (χ2n) is 6.70. The molecular weight excluding hydrogens is 361 g/mol. The fraction of sp³-hybridized carbons (Fsp3) is 0.381. The van der Waals surface area contributed by atoms with Gasteiger partial charge < -0.3 is 5.32 Å². The van der Waals surface area contributed by atoms with Crippen LogP contribution in [0.3, 0.4) is 0 Å². The van der Waals surface area contributed by atoms with Crippen molar-refractivity contribution in [2.45, 2.75) is 55.7 Å². The van der Waals surface area contributed by atoms with Crippen LogP contribution in [-0.4, -0.2) is 16.1 Å². The summed E-state index contributed by atoms with van der Waals surface area (Å²) in [4.78, 5) is 17.2. The van der Waals surface area contributed by atoms with Crippen LogP contribution < -0.4 is 5.32 Å². The topological polar surface area (TPSA) is 65.8 Å². The maximum atomic E-state index is 13.7. The van der Waals surface area contributed by atoms with Crippen LogP contribution in [0.5, 0.6) is 0 Å². The molecule has 1 atom stereocenters. The molecular formula is C21H22FN3OS. The van der Waals surface area contributed by atoms with Crippen LogP contribution in [0.1, 0.15) is 49.4 Å². The van der Waals surface area contributed by atoms with Crippen molar-refractivity contribution < 1.29 is 9.18 Å². The van der Waals surface area contributed by atoms with Crippen molar-refractivity contribution in [1.29, 1.82) is 5.26 Å². The largest absolute Gasteiger partial charge is 0.323 e. The van der Waals surface area contributed by atoms with Crippen LogP contribution in [0.15, 0.2) is 35.4 Å². The van der Waals surface area contributed by atoms with Crippen molar-refractivity contribution in [3.8, 4) is 6.07 Å². The van der Waals surface area contributed by atoms with E-state index < -0.39 is 11.1 Å². The van der Waals surface area contributed by atoms with Crippen molar-refractivity contribution in [3.63, 3.8) is 0 Å². The summed E-state index contributed by atoms with van der Waals surface area (Å²) in [6.45, 7) is 1.74. The minimum atomic E-state index is -0.504. The predicted molar refractivity (Wildman–Crippen MR) is 105 cm³/mol. The molecule has 0 saturated carbocycles. The molecule has 1 heterocycles. The summed E-state index contributed by atoms with van der Waals surface area (Å²) in [5, 5.41) is 12.2. The highest BCUT2D eigenvalue weighted by molar-refractivity contribution is 8.00.